The lowest BCUT2D eigenvalue weighted by Crippen LogP contribution is -2.49. The minimum atomic E-state index is -0.663. The summed E-state index contributed by atoms with van der Waals surface area (Å²) >= 11 is 12.4. The highest BCUT2D eigenvalue weighted by atomic mass is 35.5. The van der Waals surface area contributed by atoms with E-state index in [1.54, 1.807) is 44.2 Å². The average molecular weight is 495 g/mol. The van der Waals surface area contributed by atoms with Crippen LogP contribution in [0.2, 0.25) is 10.0 Å². The maximum absolute atomic E-state index is 13.3. The third-order valence-electron chi connectivity index (χ3n) is 5.60. The molecule has 33 heavy (non-hydrogen) atoms. The van der Waals surface area contributed by atoms with E-state index >= 15 is 0 Å². The lowest BCUT2D eigenvalue weighted by Gasteiger charge is -2.30. The molecule has 8 heteroatoms. The van der Waals surface area contributed by atoms with E-state index in [-0.39, 0.29) is 30.8 Å². The molecule has 1 N–H and O–H groups in total. The Balaban J connectivity index is 2.22. The van der Waals surface area contributed by atoms with Crippen molar-refractivity contribution in [2.24, 2.45) is 0 Å². The first-order chi connectivity index (χ1) is 15.7. The minimum Gasteiger partial charge on any atom is -0.493 e. The summed E-state index contributed by atoms with van der Waals surface area (Å²) in [6.07, 6.45) is 1.51. The molecular weight excluding hydrogens is 463 g/mol. The first-order valence-electron chi connectivity index (χ1n) is 10.9. The summed E-state index contributed by atoms with van der Waals surface area (Å²) in [5.41, 5.74) is 1.66. The fourth-order valence-electron chi connectivity index (χ4n) is 3.31. The van der Waals surface area contributed by atoms with Crippen LogP contribution >= 0.6 is 23.2 Å². The van der Waals surface area contributed by atoms with Crippen LogP contribution in [-0.4, -0.2) is 43.0 Å². The van der Waals surface area contributed by atoms with Crippen LogP contribution in [0.3, 0.4) is 0 Å². The third kappa shape index (κ3) is 7.54. The molecule has 0 bridgehead atoms. The maximum atomic E-state index is 13.3. The van der Waals surface area contributed by atoms with Crippen LogP contribution in [0.5, 0.6) is 11.5 Å². The SMILES string of the molecule is CC[C@H](C)NC(=O)[C@@H](C)N(Cc1ccc(Cl)cc1Cl)C(=O)CCc1ccc(OC)c(OC)c1. The van der Waals surface area contributed by atoms with Crippen molar-refractivity contribution in [3.63, 3.8) is 0 Å². The van der Waals surface area contributed by atoms with E-state index in [1.165, 1.54) is 0 Å². The second-order valence-electron chi connectivity index (χ2n) is 7.94. The molecule has 0 saturated heterocycles. The Hall–Kier alpha value is -2.44. The first kappa shape index (κ1) is 26.8. The molecule has 2 rings (SSSR count). The van der Waals surface area contributed by atoms with Crippen LogP contribution in [0.4, 0.5) is 0 Å². The van der Waals surface area contributed by atoms with Gasteiger partial charge in [0.05, 0.1) is 14.2 Å². The Labute approximate surface area is 206 Å². The summed E-state index contributed by atoms with van der Waals surface area (Å²) in [4.78, 5) is 27.7. The number of benzene rings is 2. The molecule has 0 aliphatic heterocycles. The van der Waals surface area contributed by atoms with Gasteiger partial charge in [-0.25, -0.2) is 0 Å². The summed E-state index contributed by atoms with van der Waals surface area (Å²) < 4.78 is 10.6. The number of ether oxygens (including phenoxy) is 2. The van der Waals surface area contributed by atoms with Crippen molar-refractivity contribution in [3.05, 3.63) is 57.6 Å². The van der Waals surface area contributed by atoms with Gasteiger partial charge in [0.2, 0.25) is 11.8 Å². The number of carbonyl (C=O) groups excluding carboxylic acids is 2. The van der Waals surface area contributed by atoms with E-state index in [9.17, 15) is 9.59 Å². The van der Waals surface area contributed by atoms with Gasteiger partial charge in [0.25, 0.3) is 0 Å². The number of carbonyl (C=O) groups is 2. The van der Waals surface area contributed by atoms with E-state index in [2.05, 4.69) is 5.32 Å². The Morgan fingerprint density at radius 3 is 2.33 bits per heavy atom. The van der Waals surface area contributed by atoms with Crippen LogP contribution in [-0.2, 0) is 22.6 Å². The minimum absolute atomic E-state index is 0.0165. The van der Waals surface area contributed by atoms with Gasteiger partial charge in [0.15, 0.2) is 11.5 Å². The molecule has 0 saturated carbocycles. The van der Waals surface area contributed by atoms with Gasteiger partial charge in [-0.05, 0) is 62.1 Å². The number of amides is 2. The van der Waals surface area contributed by atoms with Gasteiger partial charge >= 0.3 is 0 Å². The van der Waals surface area contributed by atoms with Crippen molar-refractivity contribution >= 4 is 35.0 Å². The number of methoxy groups -OCH3 is 2. The van der Waals surface area contributed by atoms with Gasteiger partial charge in [-0.1, -0.05) is 42.3 Å². The number of halogens is 2. The zero-order chi connectivity index (χ0) is 24.5. The van der Waals surface area contributed by atoms with Gasteiger partial charge in [-0.15, -0.1) is 0 Å². The normalized spacial score (nSPS) is 12.6. The summed E-state index contributed by atoms with van der Waals surface area (Å²) in [6, 6.07) is 10.0. The van der Waals surface area contributed by atoms with Crippen LogP contribution < -0.4 is 14.8 Å². The number of nitrogens with one attached hydrogen (secondary N) is 1. The number of aryl methyl sites for hydroxylation is 1. The number of rotatable bonds is 11. The van der Waals surface area contributed by atoms with Crippen LogP contribution in [0.1, 0.15) is 44.7 Å². The Kier molecular flexibility index (Phi) is 10.3. The van der Waals surface area contributed by atoms with E-state index in [0.717, 1.165) is 17.5 Å². The molecule has 0 radical (unpaired) electrons. The van der Waals surface area contributed by atoms with E-state index in [4.69, 9.17) is 32.7 Å². The topological polar surface area (TPSA) is 67.9 Å². The maximum Gasteiger partial charge on any atom is 0.242 e. The predicted molar refractivity (Wildman–Crippen MR) is 132 cm³/mol. The molecule has 0 spiro atoms. The molecule has 2 aromatic rings. The van der Waals surface area contributed by atoms with Gasteiger partial charge in [-0.2, -0.15) is 0 Å². The highest BCUT2D eigenvalue weighted by molar-refractivity contribution is 6.35. The fourth-order valence-corrected chi connectivity index (χ4v) is 3.78. The summed E-state index contributed by atoms with van der Waals surface area (Å²) in [5, 5.41) is 3.92. The molecule has 0 aromatic heterocycles. The Morgan fingerprint density at radius 2 is 1.73 bits per heavy atom. The Bertz CT molecular complexity index is 967. The van der Waals surface area contributed by atoms with Gasteiger partial charge in [-0.3, -0.25) is 9.59 Å². The lowest BCUT2D eigenvalue weighted by atomic mass is 10.1. The van der Waals surface area contributed by atoms with Gasteiger partial charge in [0.1, 0.15) is 6.04 Å². The van der Waals surface area contributed by atoms with Crippen LogP contribution in [0, 0.1) is 0 Å². The largest absolute Gasteiger partial charge is 0.493 e. The molecule has 6 nitrogen and oxygen atoms in total. The van der Waals surface area contributed by atoms with E-state index in [0.29, 0.717) is 28.0 Å². The molecule has 180 valence electrons. The molecule has 0 aliphatic carbocycles. The smallest absolute Gasteiger partial charge is 0.242 e. The van der Waals surface area contributed by atoms with Gasteiger partial charge in [0, 0.05) is 29.1 Å². The monoisotopic (exact) mass is 494 g/mol. The second kappa shape index (κ2) is 12.7. The lowest BCUT2D eigenvalue weighted by molar-refractivity contribution is -0.140. The van der Waals surface area contributed by atoms with Crippen LogP contribution in [0.15, 0.2) is 36.4 Å². The average Bonchev–Trinajstić information content (AvgIpc) is 2.81. The molecule has 0 fully saturated rings. The number of nitrogens with zero attached hydrogens (tertiary/aromatic N) is 1. The van der Waals surface area contributed by atoms with E-state index in [1.807, 2.05) is 32.0 Å². The molecule has 0 unspecified atom stereocenters. The van der Waals surface area contributed by atoms with Crippen molar-refractivity contribution < 1.29 is 19.1 Å². The molecule has 0 heterocycles. The van der Waals surface area contributed by atoms with Crippen molar-refractivity contribution in [2.45, 2.75) is 58.7 Å². The Morgan fingerprint density at radius 1 is 1.03 bits per heavy atom. The number of hydrogen-bond acceptors (Lipinski definition) is 4. The second-order valence-corrected chi connectivity index (χ2v) is 8.78. The van der Waals surface area contributed by atoms with Crippen molar-refractivity contribution in [1.82, 2.24) is 10.2 Å². The molecule has 2 amide bonds. The fraction of sp³-hybridized carbons (Fsp3) is 0.440. The van der Waals surface area contributed by atoms with Crippen molar-refractivity contribution in [2.75, 3.05) is 14.2 Å². The summed E-state index contributed by atoms with van der Waals surface area (Å²) in [5.74, 6) is 0.881. The summed E-state index contributed by atoms with van der Waals surface area (Å²) in [7, 11) is 3.15. The predicted octanol–water partition coefficient (Wildman–Crippen LogP) is 5.28. The molecule has 0 aliphatic rings. The molecule has 2 aromatic carbocycles. The van der Waals surface area contributed by atoms with Crippen molar-refractivity contribution in [3.8, 4) is 11.5 Å². The highest BCUT2D eigenvalue weighted by Crippen LogP contribution is 2.28. The van der Waals surface area contributed by atoms with Crippen molar-refractivity contribution in [1.29, 1.82) is 0 Å². The standard InChI is InChI=1S/C25H32Cl2N2O4/c1-6-16(2)28-25(31)17(3)29(15-19-9-10-20(26)14-21(19)27)24(30)12-8-18-7-11-22(32-4)23(13-18)33-5/h7,9-11,13-14,16-17H,6,8,12,15H2,1-5H3,(H,28,31)/t16-,17+/m0/s1. The first-order valence-corrected chi connectivity index (χ1v) is 11.7. The van der Waals surface area contributed by atoms with Gasteiger partial charge < -0.3 is 19.7 Å². The zero-order valence-electron chi connectivity index (χ0n) is 19.8. The summed E-state index contributed by atoms with van der Waals surface area (Å²) in [6.45, 7) is 5.87. The van der Waals surface area contributed by atoms with Crippen LogP contribution in [0.25, 0.3) is 0 Å². The molecular formula is C25H32Cl2N2O4. The zero-order valence-corrected chi connectivity index (χ0v) is 21.3. The third-order valence-corrected chi connectivity index (χ3v) is 6.19. The van der Waals surface area contributed by atoms with E-state index < -0.39 is 6.04 Å². The quantitative estimate of drug-likeness (QED) is 0.461. The highest BCUT2D eigenvalue weighted by Gasteiger charge is 2.27. The molecule has 2 atom stereocenters. The number of hydrogen-bond donors (Lipinski definition) is 1.